The molecule has 5 heteroatoms. The normalized spacial score (nSPS) is 11.3. The van der Waals surface area contributed by atoms with Crippen LogP contribution in [0.1, 0.15) is 96.8 Å². The summed E-state index contributed by atoms with van der Waals surface area (Å²) >= 11 is 0. The number of hydrogen-bond donors (Lipinski definition) is 1. The van der Waals surface area contributed by atoms with Crippen LogP contribution in [-0.2, 0) is 10.1 Å². The fourth-order valence-corrected chi connectivity index (χ4v) is 3.05. The van der Waals surface area contributed by atoms with Gasteiger partial charge in [-0.3, -0.25) is 4.55 Å². The second-order valence-electron chi connectivity index (χ2n) is 5.88. The molecule has 0 aliphatic carbocycles. The second kappa shape index (κ2) is 17.9. The van der Waals surface area contributed by atoms with E-state index < -0.39 is 10.1 Å². The Bertz CT molecular complexity index is 292. The van der Waals surface area contributed by atoms with Crippen molar-refractivity contribution in [2.45, 2.75) is 96.8 Å². The van der Waals surface area contributed by atoms with Gasteiger partial charge in [0.1, 0.15) is 0 Å². The van der Waals surface area contributed by atoms with Crippen molar-refractivity contribution in [3.63, 3.8) is 0 Å². The zero-order valence-corrected chi connectivity index (χ0v) is 18.2. The van der Waals surface area contributed by atoms with E-state index >= 15 is 0 Å². The summed E-state index contributed by atoms with van der Waals surface area (Å²) in [5.41, 5.74) is 0. The Balaban J connectivity index is 0. The molecule has 0 saturated heterocycles. The van der Waals surface area contributed by atoms with E-state index in [1.807, 2.05) is 0 Å². The molecule has 0 atom stereocenters. The van der Waals surface area contributed by atoms with Crippen LogP contribution >= 0.6 is 0 Å². The minimum absolute atomic E-state index is 0. The summed E-state index contributed by atoms with van der Waals surface area (Å²) in [5.74, 6) is -0.0783. The average Bonchev–Trinajstić information content (AvgIpc) is 2.38. The summed E-state index contributed by atoms with van der Waals surface area (Å²) in [6, 6.07) is 0. The first-order chi connectivity index (χ1) is 9.56. The Morgan fingerprint density at radius 2 is 0.905 bits per heavy atom. The van der Waals surface area contributed by atoms with Crippen LogP contribution in [-0.4, -0.2) is 70.1 Å². The van der Waals surface area contributed by atoms with Gasteiger partial charge in [-0.2, -0.15) is 8.42 Å². The third-order valence-electron chi connectivity index (χ3n) is 3.76. The molecule has 0 aromatic heterocycles. The van der Waals surface area contributed by atoms with Gasteiger partial charge in [-0.25, -0.2) is 0 Å². The molecule has 123 valence electrons. The fourth-order valence-electron chi connectivity index (χ4n) is 2.48. The second-order valence-corrected chi connectivity index (χ2v) is 7.45. The quantitative estimate of drug-likeness (QED) is 0.259. The summed E-state index contributed by atoms with van der Waals surface area (Å²) in [6.07, 6.45) is 17.4. The zero-order chi connectivity index (χ0) is 15.1. The van der Waals surface area contributed by atoms with Gasteiger partial charge in [-0.05, 0) is 6.42 Å². The Kier molecular flexibility index (Phi) is 21.1. The SMILES string of the molecule is CCCCCCCCCCCCCCCCS(=O)(=O)O.[K]. The van der Waals surface area contributed by atoms with Crippen molar-refractivity contribution in [1.82, 2.24) is 0 Å². The van der Waals surface area contributed by atoms with E-state index in [0.29, 0.717) is 6.42 Å². The maximum atomic E-state index is 10.5. The van der Waals surface area contributed by atoms with Crippen molar-refractivity contribution in [1.29, 1.82) is 0 Å². The molecule has 1 N–H and O–H groups in total. The Morgan fingerprint density at radius 3 is 1.19 bits per heavy atom. The van der Waals surface area contributed by atoms with Gasteiger partial charge in [0.2, 0.25) is 0 Å². The Labute approximate surface area is 175 Å². The molecule has 0 bridgehead atoms. The van der Waals surface area contributed by atoms with E-state index in [9.17, 15) is 8.42 Å². The molecule has 0 aliphatic heterocycles. The van der Waals surface area contributed by atoms with E-state index in [0.717, 1.165) is 12.8 Å². The van der Waals surface area contributed by atoms with Gasteiger partial charge in [0.05, 0.1) is 5.75 Å². The van der Waals surface area contributed by atoms with Crippen molar-refractivity contribution in [2.24, 2.45) is 0 Å². The largest absolute Gasteiger partial charge is 0.286 e. The van der Waals surface area contributed by atoms with Crippen molar-refractivity contribution in [3.05, 3.63) is 0 Å². The summed E-state index contributed by atoms with van der Waals surface area (Å²) in [4.78, 5) is 0. The van der Waals surface area contributed by atoms with Crippen LogP contribution in [0.2, 0.25) is 0 Å². The van der Waals surface area contributed by atoms with E-state index in [4.69, 9.17) is 4.55 Å². The van der Waals surface area contributed by atoms with E-state index in [1.165, 1.54) is 70.6 Å². The van der Waals surface area contributed by atoms with Crippen LogP contribution in [0, 0.1) is 0 Å². The van der Waals surface area contributed by atoms with Crippen LogP contribution in [0.5, 0.6) is 0 Å². The minimum Gasteiger partial charge on any atom is -0.286 e. The molecule has 0 rings (SSSR count). The molecule has 0 heterocycles. The fraction of sp³-hybridized carbons (Fsp3) is 1.00. The third kappa shape index (κ3) is 23.9. The van der Waals surface area contributed by atoms with Gasteiger partial charge in [0.15, 0.2) is 0 Å². The van der Waals surface area contributed by atoms with E-state index in [1.54, 1.807) is 0 Å². The number of unbranched alkanes of at least 4 members (excludes halogenated alkanes) is 13. The molecule has 1 radical (unpaired) electrons. The van der Waals surface area contributed by atoms with Crippen molar-refractivity contribution < 1.29 is 13.0 Å². The molecular weight excluding hydrogens is 311 g/mol. The van der Waals surface area contributed by atoms with Crippen LogP contribution in [0.25, 0.3) is 0 Å². The Morgan fingerprint density at radius 1 is 0.619 bits per heavy atom. The summed E-state index contributed by atoms with van der Waals surface area (Å²) < 4.78 is 29.6. The predicted octanol–water partition coefficient (Wildman–Crippen LogP) is 4.97. The van der Waals surface area contributed by atoms with Crippen LogP contribution in [0.3, 0.4) is 0 Å². The van der Waals surface area contributed by atoms with Gasteiger partial charge < -0.3 is 0 Å². The topological polar surface area (TPSA) is 54.4 Å². The molecule has 0 saturated carbocycles. The predicted molar refractivity (Wildman–Crippen MR) is 92.5 cm³/mol. The van der Waals surface area contributed by atoms with Crippen LogP contribution in [0.15, 0.2) is 0 Å². The summed E-state index contributed by atoms with van der Waals surface area (Å²) in [7, 11) is -3.74. The van der Waals surface area contributed by atoms with Gasteiger partial charge in [-0.1, -0.05) is 90.4 Å². The molecule has 0 unspecified atom stereocenters. The van der Waals surface area contributed by atoms with Crippen LogP contribution < -0.4 is 0 Å². The first-order valence-electron chi connectivity index (χ1n) is 8.51. The minimum atomic E-state index is -3.74. The molecule has 3 nitrogen and oxygen atoms in total. The molecule has 0 fully saturated rings. The standard InChI is InChI=1S/C16H34O3S.K/c1-2-3-4-5-6-7-8-9-10-11-12-13-14-15-16-20(17,18)19;/h2-16H2,1H3,(H,17,18,19);. The first-order valence-corrected chi connectivity index (χ1v) is 10.1. The van der Waals surface area contributed by atoms with Gasteiger partial charge in [0.25, 0.3) is 10.1 Å². The third-order valence-corrected chi connectivity index (χ3v) is 4.56. The van der Waals surface area contributed by atoms with E-state index in [-0.39, 0.29) is 57.1 Å². The number of hydrogen-bond acceptors (Lipinski definition) is 2. The summed E-state index contributed by atoms with van der Waals surface area (Å²) in [6.45, 7) is 2.25. The molecule has 21 heavy (non-hydrogen) atoms. The molecule has 0 aromatic carbocycles. The maximum Gasteiger partial charge on any atom is 0.264 e. The maximum absolute atomic E-state index is 10.5. The van der Waals surface area contributed by atoms with Crippen molar-refractivity contribution >= 4 is 61.5 Å². The van der Waals surface area contributed by atoms with E-state index in [2.05, 4.69) is 6.92 Å². The molecule has 0 aliphatic rings. The number of rotatable bonds is 15. The van der Waals surface area contributed by atoms with Gasteiger partial charge >= 0.3 is 0 Å². The summed E-state index contributed by atoms with van der Waals surface area (Å²) in [5, 5.41) is 0. The monoisotopic (exact) mass is 345 g/mol. The molecule has 0 spiro atoms. The smallest absolute Gasteiger partial charge is 0.264 e. The van der Waals surface area contributed by atoms with Gasteiger partial charge in [-0.15, -0.1) is 0 Å². The molecule has 0 aromatic rings. The van der Waals surface area contributed by atoms with Crippen LogP contribution in [0.4, 0.5) is 0 Å². The molecule has 0 amide bonds. The molecular formula is C16H34KO3S. The van der Waals surface area contributed by atoms with Gasteiger partial charge in [0, 0.05) is 51.4 Å². The first kappa shape index (κ1) is 24.8. The van der Waals surface area contributed by atoms with Crippen molar-refractivity contribution in [2.75, 3.05) is 5.75 Å². The average molecular weight is 346 g/mol. The zero-order valence-electron chi connectivity index (χ0n) is 14.3. The Hall–Kier alpha value is 1.55. The van der Waals surface area contributed by atoms with Crippen molar-refractivity contribution in [3.8, 4) is 0 Å².